The first-order valence-corrected chi connectivity index (χ1v) is 11.1. The van der Waals surface area contributed by atoms with Crippen LogP contribution >= 0.6 is 11.8 Å². The van der Waals surface area contributed by atoms with Crippen molar-refractivity contribution in [3.63, 3.8) is 0 Å². The molecule has 0 aliphatic carbocycles. The number of aromatic nitrogens is 1. The van der Waals surface area contributed by atoms with Gasteiger partial charge in [-0.15, -0.1) is 0 Å². The van der Waals surface area contributed by atoms with Crippen LogP contribution in [0.5, 0.6) is 0 Å². The number of fused-ring (bicyclic) bond motifs is 1. The molecule has 31 heavy (non-hydrogen) atoms. The lowest BCUT2D eigenvalue weighted by atomic mass is 10.1. The maximum absolute atomic E-state index is 13.5. The minimum absolute atomic E-state index is 0.0563. The zero-order valence-corrected chi connectivity index (χ0v) is 17.9. The monoisotopic (exact) mass is 423 g/mol. The van der Waals surface area contributed by atoms with Gasteiger partial charge in [0, 0.05) is 29.2 Å². The van der Waals surface area contributed by atoms with Crippen LogP contribution in [0.4, 0.5) is 11.4 Å². The topological polar surface area (TPSA) is 37.6 Å². The third-order valence-electron chi connectivity index (χ3n) is 5.25. The van der Waals surface area contributed by atoms with Gasteiger partial charge in [-0.1, -0.05) is 54.6 Å². The summed E-state index contributed by atoms with van der Waals surface area (Å²) in [6.45, 7) is 3.00. The Morgan fingerprint density at radius 3 is 2.32 bits per heavy atom. The van der Waals surface area contributed by atoms with Crippen molar-refractivity contribution in [1.82, 2.24) is 4.57 Å². The molecule has 1 fully saturated rings. The molecule has 152 valence electrons. The Labute approximate surface area is 185 Å². The van der Waals surface area contributed by atoms with Gasteiger partial charge in [0.05, 0.1) is 16.3 Å². The number of nitrogens with zero attached hydrogens (tertiary/aromatic N) is 3. The molecule has 2 heterocycles. The number of rotatable bonds is 4. The van der Waals surface area contributed by atoms with Gasteiger partial charge in [-0.25, -0.2) is 4.99 Å². The fraction of sp³-hybridized carbons (Fsp3) is 0.0769. The zero-order chi connectivity index (χ0) is 21.2. The summed E-state index contributed by atoms with van der Waals surface area (Å²) < 4.78 is 2.21. The van der Waals surface area contributed by atoms with Gasteiger partial charge in [0.2, 0.25) is 0 Å². The third-order valence-corrected chi connectivity index (χ3v) is 6.22. The van der Waals surface area contributed by atoms with Crippen LogP contribution in [0, 0.1) is 0 Å². The summed E-state index contributed by atoms with van der Waals surface area (Å²) in [6, 6.07) is 27.7. The quantitative estimate of drug-likeness (QED) is 0.353. The van der Waals surface area contributed by atoms with Crippen LogP contribution in [0.25, 0.3) is 17.0 Å². The lowest BCUT2D eigenvalue weighted by Gasteiger charge is -2.15. The minimum atomic E-state index is -0.0563. The molecule has 0 spiro atoms. The number of amides is 1. The standard InChI is InChI=1S/C26H21N3OS/c1-2-28-18-19(22-15-9-10-16-23(22)28)17-24-25(30)29(21-13-7-4-8-14-21)26(31-24)27-20-11-5-3-6-12-20/h3-18H,2H2,1H3/b24-17+,27-26?. The van der Waals surface area contributed by atoms with Crippen LogP contribution in [0.3, 0.4) is 0 Å². The predicted molar refractivity (Wildman–Crippen MR) is 131 cm³/mol. The van der Waals surface area contributed by atoms with Crippen LogP contribution < -0.4 is 4.90 Å². The Balaban J connectivity index is 1.61. The maximum Gasteiger partial charge on any atom is 0.271 e. The molecule has 1 aromatic heterocycles. The molecule has 0 N–H and O–H groups in total. The number of carbonyl (C=O) groups excluding carboxylic acids is 1. The third kappa shape index (κ3) is 3.68. The average molecular weight is 424 g/mol. The van der Waals surface area contributed by atoms with Crippen LogP contribution in [0.2, 0.25) is 0 Å². The number of hydrogen-bond donors (Lipinski definition) is 0. The Bertz CT molecular complexity index is 1310. The molecular formula is C26H21N3OS. The van der Waals surface area contributed by atoms with Crippen molar-refractivity contribution in [1.29, 1.82) is 0 Å². The molecule has 4 aromatic rings. The predicted octanol–water partition coefficient (Wildman–Crippen LogP) is 6.47. The van der Waals surface area contributed by atoms with E-state index in [0.717, 1.165) is 28.9 Å². The molecule has 1 amide bonds. The summed E-state index contributed by atoms with van der Waals surface area (Å²) in [5.74, 6) is -0.0563. The highest BCUT2D eigenvalue weighted by Gasteiger charge is 2.34. The van der Waals surface area contributed by atoms with Crippen molar-refractivity contribution < 1.29 is 4.79 Å². The Kier molecular flexibility index (Phi) is 5.18. The van der Waals surface area contributed by atoms with E-state index < -0.39 is 0 Å². The average Bonchev–Trinajstić information content (AvgIpc) is 3.32. The number of hydrogen-bond acceptors (Lipinski definition) is 3. The van der Waals surface area contributed by atoms with Crippen molar-refractivity contribution in [3.8, 4) is 0 Å². The van der Waals surface area contributed by atoms with E-state index in [2.05, 4.69) is 29.8 Å². The SMILES string of the molecule is CCn1cc(/C=C2/SC(=Nc3ccccc3)N(c3ccccc3)C2=O)c2ccccc21. The summed E-state index contributed by atoms with van der Waals surface area (Å²) in [6.07, 6.45) is 4.11. The number of benzene rings is 3. The molecule has 0 radical (unpaired) electrons. The Morgan fingerprint density at radius 1 is 0.903 bits per heavy atom. The van der Waals surface area contributed by atoms with Crippen LogP contribution in [0.1, 0.15) is 12.5 Å². The van der Waals surface area contributed by atoms with Crippen LogP contribution in [-0.4, -0.2) is 15.6 Å². The fourth-order valence-electron chi connectivity index (χ4n) is 3.76. The number of para-hydroxylation sites is 3. The second-order valence-electron chi connectivity index (χ2n) is 7.20. The van der Waals surface area contributed by atoms with Crippen molar-refractivity contribution >= 4 is 51.2 Å². The van der Waals surface area contributed by atoms with Crippen LogP contribution in [0.15, 0.2) is 101 Å². The summed E-state index contributed by atoms with van der Waals surface area (Å²) >= 11 is 1.42. The largest absolute Gasteiger partial charge is 0.347 e. The van der Waals surface area contributed by atoms with E-state index >= 15 is 0 Å². The second-order valence-corrected chi connectivity index (χ2v) is 8.21. The van der Waals surface area contributed by atoms with Gasteiger partial charge in [0.1, 0.15) is 0 Å². The number of aliphatic imine (C=N–C) groups is 1. The first kappa shape index (κ1) is 19.4. The van der Waals surface area contributed by atoms with Gasteiger partial charge in [0.15, 0.2) is 5.17 Å². The number of anilines is 1. The van der Waals surface area contributed by atoms with Gasteiger partial charge in [0.25, 0.3) is 5.91 Å². The first-order valence-electron chi connectivity index (χ1n) is 10.3. The summed E-state index contributed by atoms with van der Waals surface area (Å²) in [4.78, 5) is 20.6. The van der Waals surface area contributed by atoms with E-state index in [0.29, 0.717) is 10.1 Å². The number of aryl methyl sites for hydroxylation is 1. The van der Waals surface area contributed by atoms with E-state index in [1.807, 2.05) is 78.9 Å². The van der Waals surface area contributed by atoms with Gasteiger partial charge in [-0.2, -0.15) is 0 Å². The highest BCUT2D eigenvalue weighted by atomic mass is 32.2. The molecule has 4 nitrogen and oxygen atoms in total. The van der Waals surface area contributed by atoms with Crippen molar-refractivity contribution in [2.45, 2.75) is 13.5 Å². The van der Waals surface area contributed by atoms with Gasteiger partial charge in [-0.3, -0.25) is 9.69 Å². The molecule has 1 aliphatic heterocycles. The maximum atomic E-state index is 13.5. The molecule has 5 heteroatoms. The molecule has 0 bridgehead atoms. The lowest BCUT2D eigenvalue weighted by molar-refractivity contribution is -0.113. The van der Waals surface area contributed by atoms with E-state index in [1.165, 1.54) is 17.3 Å². The van der Waals surface area contributed by atoms with Gasteiger partial charge in [-0.05, 0) is 55.1 Å². The highest BCUT2D eigenvalue weighted by Crippen LogP contribution is 2.38. The highest BCUT2D eigenvalue weighted by molar-refractivity contribution is 8.19. The Morgan fingerprint density at radius 2 is 1.58 bits per heavy atom. The van der Waals surface area contributed by atoms with E-state index in [1.54, 1.807) is 4.90 Å². The normalized spacial score (nSPS) is 16.7. The fourth-order valence-corrected chi connectivity index (χ4v) is 4.75. The molecule has 1 saturated heterocycles. The second kappa shape index (κ2) is 8.28. The van der Waals surface area contributed by atoms with Crippen molar-refractivity contribution in [3.05, 3.63) is 102 Å². The van der Waals surface area contributed by atoms with Crippen molar-refractivity contribution in [2.75, 3.05) is 4.90 Å². The zero-order valence-electron chi connectivity index (χ0n) is 17.1. The molecule has 5 rings (SSSR count). The molecule has 0 atom stereocenters. The molecule has 0 saturated carbocycles. The number of thioether (sulfide) groups is 1. The lowest BCUT2D eigenvalue weighted by Crippen LogP contribution is -2.28. The minimum Gasteiger partial charge on any atom is -0.347 e. The van der Waals surface area contributed by atoms with E-state index in [4.69, 9.17) is 4.99 Å². The van der Waals surface area contributed by atoms with Crippen molar-refractivity contribution in [2.24, 2.45) is 4.99 Å². The number of amidine groups is 1. The van der Waals surface area contributed by atoms with Gasteiger partial charge < -0.3 is 4.57 Å². The smallest absolute Gasteiger partial charge is 0.271 e. The molecule has 0 unspecified atom stereocenters. The van der Waals surface area contributed by atoms with Crippen LogP contribution in [-0.2, 0) is 11.3 Å². The van der Waals surface area contributed by atoms with E-state index in [-0.39, 0.29) is 5.91 Å². The summed E-state index contributed by atoms with van der Waals surface area (Å²) in [7, 11) is 0. The first-order chi connectivity index (χ1) is 15.2. The number of carbonyl (C=O) groups is 1. The molecule has 3 aromatic carbocycles. The molecule has 1 aliphatic rings. The summed E-state index contributed by atoms with van der Waals surface area (Å²) in [5.41, 5.74) is 3.85. The summed E-state index contributed by atoms with van der Waals surface area (Å²) in [5, 5.41) is 1.80. The van der Waals surface area contributed by atoms with E-state index in [9.17, 15) is 4.79 Å². The Hall–Kier alpha value is -3.57. The molecular weight excluding hydrogens is 402 g/mol. The van der Waals surface area contributed by atoms with Gasteiger partial charge >= 0.3 is 0 Å².